The Morgan fingerprint density at radius 2 is 2.45 bits per heavy atom. The predicted molar refractivity (Wildman–Crippen MR) is 36.2 cm³/mol. The summed E-state index contributed by atoms with van der Waals surface area (Å²) in [5, 5.41) is 10.7. The van der Waals surface area contributed by atoms with E-state index < -0.39 is 0 Å². The highest BCUT2D eigenvalue weighted by atomic mass is 16.6. The molecule has 0 aromatic heterocycles. The Morgan fingerprint density at radius 1 is 1.64 bits per heavy atom. The molecule has 2 heterocycles. The highest BCUT2D eigenvalue weighted by Crippen LogP contribution is 2.14. The SMILES string of the molecule is O=C1[N][NH+]([O-])C2CCCCN12. The fourth-order valence-corrected chi connectivity index (χ4v) is 1.65. The molecule has 0 bridgehead atoms. The normalized spacial score (nSPS) is 36.8. The molecule has 2 saturated heterocycles. The van der Waals surface area contributed by atoms with Crippen LogP contribution in [0.15, 0.2) is 0 Å². The van der Waals surface area contributed by atoms with Crippen molar-refractivity contribution in [1.82, 2.24) is 10.3 Å². The van der Waals surface area contributed by atoms with E-state index in [-0.39, 0.29) is 17.4 Å². The van der Waals surface area contributed by atoms with Gasteiger partial charge in [0, 0.05) is 13.0 Å². The summed E-state index contributed by atoms with van der Waals surface area (Å²) < 4.78 is 0. The number of nitrogens with one attached hydrogen (secondary N) is 1. The van der Waals surface area contributed by atoms with Crippen molar-refractivity contribution >= 4 is 6.03 Å². The molecule has 2 rings (SSSR count). The molecule has 2 aliphatic heterocycles. The van der Waals surface area contributed by atoms with E-state index in [0.29, 0.717) is 6.54 Å². The fraction of sp³-hybridized carbons (Fsp3) is 0.833. The van der Waals surface area contributed by atoms with Crippen LogP contribution in [-0.2, 0) is 0 Å². The van der Waals surface area contributed by atoms with Crippen molar-refractivity contribution in [2.75, 3.05) is 6.54 Å². The molecule has 5 nitrogen and oxygen atoms in total. The summed E-state index contributed by atoms with van der Waals surface area (Å²) in [6.45, 7) is 0.707. The molecule has 0 saturated carbocycles. The van der Waals surface area contributed by atoms with Crippen molar-refractivity contribution in [2.24, 2.45) is 0 Å². The summed E-state index contributed by atoms with van der Waals surface area (Å²) in [4.78, 5) is 12.5. The highest BCUT2D eigenvalue weighted by Gasteiger charge is 2.41. The number of quaternary nitrogens is 1. The Kier molecular flexibility index (Phi) is 1.47. The third kappa shape index (κ3) is 0.965. The van der Waals surface area contributed by atoms with E-state index in [1.807, 2.05) is 0 Å². The van der Waals surface area contributed by atoms with Gasteiger partial charge in [-0.15, -0.1) is 0 Å². The predicted octanol–water partition coefficient (Wildman–Crippen LogP) is -1.17. The van der Waals surface area contributed by atoms with Crippen molar-refractivity contribution < 1.29 is 9.97 Å². The van der Waals surface area contributed by atoms with Gasteiger partial charge < -0.3 is 5.21 Å². The first-order chi connectivity index (χ1) is 5.29. The third-order valence-electron chi connectivity index (χ3n) is 2.24. The second kappa shape index (κ2) is 2.35. The van der Waals surface area contributed by atoms with Crippen LogP contribution in [0.2, 0.25) is 0 Å². The van der Waals surface area contributed by atoms with Gasteiger partial charge in [0.15, 0.2) is 6.17 Å². The van der Waals surface area contributed by atoms with E-state index in [4.69, 9.17) is 0 Å². The molecule has 1 radical (unpaired) electrons. The van der Waals surface area contributed by atoms with Crippen LogP contribution in [0.25, 0.3) is 0 Å². The number of piperidine rings is 1. The molecule has 2 amide bonds. The highest BCUT2D eigenvalue weighted by molar-refractivity contribution is 5.73. The van der Waals surface area contributed by atoms with Crippen LogP contribution in [0.5, 0.6) is 0 Å². The molecule has 1 N–H and O–H groups in total. The summed E-state index contributed by atoms with van der Waals surface area (Å²) in [7, 11) is 0. The largest absolute Gasteiger partial charge is 0.604 e. The summed E-state index contributed by atoms with van der Waals surface area (Å²) in [5.41, 5.74) is 3.38. The van der Waals surface area contributed by atoms with Gasteiger partial charge in [-0.25, -0.2) is 9.97 Å². The number of rotatable bonds is 0. The number of urea groups is 1. The van der Waals surface area contributed by atoms with Gasteiger partial charge in [0.25, 0.3) is 0 Å². The van der Waals surface area contributed by atoms with Crippen molar-refractivity contribution in [3.63, 3.8) is 0 Å². The standard InChI is InChI=1S/C6H10N3O2/c10-6-7-9(11)5-3-1-2-4-8(5)6/h5,9H,1-4H2. The lowest BCUT2D eigenvalue weighted by molar-refractivity contribution is -0.913. The van der Waals surface area contributed by atoms with Crippen LogP contribution < -0.4 is 10.6 Å². The number of hydroxylamine groups is 1. The third-order valence-corrected chi connectivity index (χ3v) is 2.24. The Bertz CT molecular complexity index is 185. The summed E-state index contributed by atoms with van der Waals surface area (Å²) in [6, 6.07) is -0.334. The number of hydrogen-bond acceptors (Lipinski definition) is 2. The molecule has 0 aromatic carbocycles. The van der Waals surface area contributed by atoms with Crippen LogP contribution in [0.4, 0.5) is 4.79 Å². The quantitative estimate of drug-likeness (QED) is 0.449. The van der Waals surface area contributed by atoms with Gasteiger partial charge in [-0.2, -0.15) is 0 Å². The van der Waals surface area contributed by atoms with Gasteiger partial charge in [-0.05, 0) is 18.3 Å². The summed E-state index contributed by atoms with van der Waals surface area (Å²) >= 11 is 0. The monoisotopic (exact) mass is 156 g/mol. The minimum Gasteiger partial charge on any atom is -0.604 e. The second-order valence-corrected chi connectivity index (χ2v) is 2.94. The zero-order valence-electron chi connectivity index (χ0n) is 6.12. The van der Waals surface area contributed by atoms with E-state index in [1.165, 1.54) is 0 Å². The second-order valence-electron chi connectivity index (χ2n) is 2.94. The molecule has 2 fully saturated rings. The van der Waals surface area contributed by atoms with Gasteiger partial charge in [0.05, 0.1) is 0 Å². The number of fused-ring (bicyclic) bond motifs is 1. The summed E-state index contributed by atoms with van der Waals surface area (Å²) in [6.07, 6.45) is 2.63. The fourth-order valence-electron chi connectivity index (χ4n) is 1.65. The van der Waals surface area contributed by atoms with Crippen molar-refractivity contribution in [2.45, 2.75) is 25.4 Å². The maximum Gasteiger partial charge on any atom is 0.396 e. The zero-order chi connectivity index (χ0) is 7.84. The van der Waals surface area contributed by atoms with Crippen LogP contribution in [0.1, 0.15) is 19.3 Å². The first-order valence-corrected chi connectivity index (χ1v) is 3.85. The molecule has 2 unspecified atom stereocenters. The molecule has 11 heavy (non-hydrogen) atoms. The Labute approximate surface area is 64.5 Å². The van der Waals surface area contributed by atoms with Gasteiger partial charge in [0.1, 0.15) is 0 Å². The first kappa shape index (κ1) is 6.87. The smallest absolute Gasteiger partial charge is 0.396 e. The van der Waals surface area contributed by atoms with Crippen molar-refractivity contribution in [3.05, 3.63) is 5.21 Å². The number of hydrogen-bond donors (Lipinski definition) is 1. The van der Waals surface area contributed by atoms with E-state index in [2.05, 4.69) is 5.43 Å². The van der Waals surface area contributed by atoms with Crippen LogP contribution in [-0.4, -0.2) is 23.6 Å². The van der Waals surface area contributed by atoms with Gasteiger partial charge in [-0.1, -0.05) is 0 Å². The minimum atomic E-state index is -0.334. The molecular weight excluding hydrogens is 146 g/mol. The molecular formula is C6H10N3O2. The van der Waals surface area contributed by atoms with Crippen LogP contribution in [0, 0.1) is 5.21 Å². The Morgan fingerprint density at radius 3 is 3.18 bits per heavy atom. The molecule has 0 aromatic rings. The minimum absolute atomic E-state index is 0.212. The number of amides is 2. The lowest BCUT2D eigenvalue weighted by Crippen LogP contribution is -3.13. The van der Waals surface area contributed by atoms with Crippen LogP contribution >= 0.6 is 0 Å². The van der Waals surface area contributed by atoms with Gasteiger partial charge in [-0.3, -0.25) is 4.90 Å². The molecule has 2 atom stereocenters. The van der Waals surface area contributed by atoms with Gasteiger partial charge in [0.2, 0.25) is 0 Å². The topological polar surface area (TPSA) is 61.9 Å². The average molecular weight is 156 g/mol. The Hall–Kier alpha value is -0.810. The van der Waals surface area contributed by atoms with Crippen LogP contribution in [0.3, 0.4) is 0 Å². The molecule has 5 heteroatoms. The first-order valence-electron chi connectivity index (χ1n) is 3.85. The van der Waals surface area contributed by atoms with E-state index in [1.54, 1.807) is 4.90 Å². The molecule has 2 aliphatic rings. The number of carbonyl (C=O) groups is 1. The van der Waals surface area contributed by atoms with E-state index >= 15 is 0 Å². The van der Waals surface area contributed by atoms with E-state index in [9.17, 15) is 10.0 Å². The lowest BCUT2D eigenvalue weighted by atomic mass is 10.1. The van der Waals surface area contributed by atoms with Gasteiger partial charge >= 0.3 is 6.03 Å². The lowest BCUT2D eigenvalue weighted by Gasteiger charge is -2.28. The molecule has 0 spiro atoms. The molecule has 61 valence electrons. The number of carbonyl (C=O) groups excluding carboxylic acids is 1. The van der Waals surface area contributed by atoms with Crippen molar-refractivity contribution in [1.29, 1.82) is 0 Å². The van der Waals surface area contributed by atoms with Crippen molar-refractivity contribution in [3.8, 4) is 0 Å². The maximum atomic E-state index is 11.0. The maximum absolute atomic E-state index is 11.0. The zero-order valence-corrected chi connectivity index (χ0v) is 6.12. The molecule has 0 aliphatic carbocycles. The number of nitrogens with zero attached hydrogens (tertiary/aromatic N) is 2. The van der Waals surface area contributed by atoms with E-state index in [0.717, 1.165) is 19.3 Å². The summed E-state index contributed by atoms with van der Waals surface area (Å²) in [5.74, 6) is 0. The average Bonchev–Trinajstić information content (AvgIpc) is 2.30. The Balaban J connectivity index is 2.13.